The van der Waals surface area contributed by atoms with E-state index in [0.29, 0.717) is 0 Å². The Morgan fingerprint density at radius 3 is 0.781 bits per heavy atom. The fourth-order valence-corrected chi connectivity index (χ4v) is 8.44. The number of rotatable bonds is 3. The van der Waals surface area contributed by atoms with Crippen molar-refractivity contribution in [3.8, 4) is 0 Å². The molecule has 0 aliphatic carbocycles. The first kappa shape index (κ1) is 26.5. The molecule has 0 radical (unpaired) electrons. The second-order valence-corrected chi connectivity index (χ2v) is 13.0. The van der Waals surface area contributed by atoms with E-state index in [0.717, 1.165) is 0 Å². The van der Waals surface area contributed by atoms with Gasteiger partial charge in [-0.2, -0.15) is 0 Å². The largest absolute Gasteiger partial charge is 0.254 e. The first-order chi connectivity index (χ1) is 14.4. The van der Waals surface area contributed by atoms with Crippen LogP contribution in [0, 0.1) is 58.2 Å². The smallest absolute Gasteiger partial charge is 0.204 e. The fraction of sp³-hybridized carbons (Fsp3) is 0.400. The van der Waals surface area contributed by atoms with Gasteiger partial charge in [-0.25, -0.2) is 43.9 Å². The zero-order valence-corrected chi connectivity index (χ0v) is 18.7. The van der Waals surface area contributed by atoms with E-state index >= 15 is 0 Å². The van der Waals surface area contributed by atoms with Crippen LogP contribution in [-0.4, -0.2) is 16.7 Å². The molecule has 176 valence electrons. The van der Waals surface area contributed by atoms with Crippen molar-refractivity contribution >= 4 is 25.2 Å². The first-order valence-corrected chi connectivity index (χ1v) is 10.6. The number of benzene rings is 2. The molecule has 0 unspecified atom stereocenters. The Labute approximate surface area is 179 Å². The lowest BCUT2D eigenvalue weighted by Gasteiger charge is -2.46. The van der Waals surface area contributed by atoms with Gasteiger partial charge in [0.2, 0.25) is 0 Å². The average molecular weight is 490 g/mol. The van der Waals surface area contributed by atoms with E-state index in [1.54, 1.807) is 0 Å². The van der Waals surface area contributed by atoms with E-state index in [9.17, 15) is 43.9 Å². The predicted molar refractivity (Wildman–Crippen MR) is 104 cm³/mol. The molecule has 0 N–H and O–H groups in total. The van der Waals surface area contributed by atoms with Crippen molar-refractivity contribution in [2.75, 3.05) is 0 Å². The van der Waals surface area contributed by atoms with Crippen molar-refractivity contribution < 1.29 is 43.9 Å². The summed E-state index contributed by atoms with van der Waals surface area (Å²) < 4.78 is 143. The van der Waals surface area contributed by atoms with Gasteiger partial charge < -0.3 is 0 Å². The normalized spacial score (nSPS) is 12.7. The van der Waals surface area contributed by atoms with Crippen LogP contribution in [0.3, 0.4) is 0 Å². The lowest BCUT2D eigenvalue weighted by atomic mass is 9.60. The zero-order valence-electron chi connectivity index (χ0n) is 17.8. The number of hydrogen-bond donors (Lipinski definition) is 0. The average Bonchev–Trinajstić information content (AvgIpc) is 2.65. The summed E-state index contributed by atoms with van der Waals surface area (Å²) in [7, 11) is -2.26. The molecule has 2 rings (SSSR count). The van der Waals surface area contributed by atoms with Gasteiger partial charge in [0, 0.05) is 10.9 Å². The highest BCUT2D eigenvalue weighted by Crippen LogP contribution is 2.61. The maximum Gasteiger partial charge on any atom is 0.254 e. The zero-order chi connectivity index (χ0) is 25.1. The third-order valence-electron chi connectivity index (χ3n) is 4.74. The van der Waals surface area contributed by atoms with E-state index in [2.05, 4.69) is 0 Å². The molecule has 0 aliphatic rings. The van der Waals surface area contributed by atoms with Gasteiger partial charge >= 0.3 is 0 Å². The van der Waals surface area contributed by atoms with Crippen molar-refractivity contribution in [3.05, 3.63) is 58.2 Å². The molecule has 0 spiro atoms. The van der Waals surface area contributed by atoms with E-state index in [4.69, 9.17) is 0 Å². The summed E-state index contributed by atoms with van der Waals surface area (Å²) >= 11 is 0. The van der Waals surface area contributed by atoms with Crippen molar-refractivity contribution in [1.29, 1.82) is 0 Å². The molecule has 0 nitrogen and oxygen atoms in total. The summed E-state index contributed by atoms with van der Waals surface area (Å²) in [6.07, 6.45) is -2.36. The van der Waals surface area contributed by atoms with Crippen LogP contribution in [-0.2, 0) is 0 Å². The monoisotopic (exact) mass is 490 g/mol. The van der Waals surface area contributed by atoms with Gasteiger partial charge in [0.1, 0.15) is 0 Å². The van der Waals surface area contributed by atoms with Crippen molar-refractivity contribution in [2.24, 2.45) is 0 Å². The summed E-state index contributed by atoms with van der Waals surface area (Å²) in [5.74, 6) is -24.3. The lowest BCUT2D eigenvalue weighted by Crippen LogP contribution is -2.54. The van der Waals surface area contributed by atoms with Crippen LogP contribution in [0.25, 0.3) is 0 Å². The minimum atomic E-state index is -2.52. The van der Waals surface area contributed by atoms with E-state index in [1.165, 1.54) is 41.5 Å². The molecule has 0 saturated carbocycles. The van der Waals surface area contributed by atoms with Crippen LogP contribution in [0.15, 0.2) is 0 Å². The topological polar surface area (TPSA) is 0 Å². The van der Waals surface area contributed by atoms with E-state index in [1.807, 2.05) is 0 Å². The van der Waals surface area contributed by atoms with E-state index in [-0.39, 0.29) is 0 Å². The molecule has 0 bridgehead atoms. The van der Waals surface area contributed by atoms with Gasteiger partial charge in [-0.1, -0.05) is 41.5 Å². The predicted octanol–water partition coefficient (Wildman–Crippen LogP) is 6.26. The number of halogens is 10. The maximum atomic E-state index is 14.8. The second kappa shape index (κ2) is 8.54. The van der Waals surface area contributed by atoms with Crippen LogP contribution in [0.5, 0.6) is 0 Å². The molecule has 0 atom stereocenters. The van der Waals surface area contributed by atoms with Crippen LogP contribution in [0.1, 0.15) is 41.5 Å². The Kier molecular flexibility index (Phi) is 7.07. The summed E-state index contributed by atoms with van der Waals surface area (Å²) in [6.45, 7) is 8.80. The minimum Gasteiger partial charge on any atom is -0.204 e. The van der Waals surface area contributed by atoms with Gasteiger partial charge in [-0.05, 0) is 10.3 Å². The minimum absolute atomic E-state index is 1.11. The Bertz CT molecular complexity index is 930. The molecule has 0 fully saturated rings. The third-order valence-corrected chi connectivity index (χ3v) is 8.66. The second-order valence-electron chi connectivity index (χ2n) is 9.08. The molecule has 2 aromatic carbocycles. The Morgan fingerprint density at radius 1 is 0.406 bits per heavy atom. The van der Waals surface area contributed by atoms with Gasteiger partial charge in [-0.15, -0.1) is 7.80 Å². The summed E-state index contributed by atoms with van der Waals surface area (Å²) in [4.78, 5) is 0. The van der Waals surface area contributed by atoms with Crippen molar-refractivity contribution in [3.63, 3.8) is 0 Å². The molecule has 0 amide bonds. The maximum absolute atomic E-state index is 14.8. The van der Waals surface area contributed by atoms with Crippen LogP contribution in [0.4, 0.5) is 43.9 Å². The quantitative estimate of drug-likeness (QED) is 0.157. The van der Waals surface area contributed by atoms with Crippen LogP contribution >= 0.6 is 7.80 Å². The molecule has 0 saturated heterocycles. The highest BCUT2D eigenvalue weighted by molar-refractivity contribution is 7.96. The van der Waals surface area contributed by atoms with E-state index < -0.39 is 93.6 Å². The highest BCUT2D eigenvalue weighted by atomic mass is 31.1. The summed E-state index contributed by atoms with van der Waals surface area (Å²) in [5.41, 5.74) is -3.30. The Balaban J connectivity index is 3.20. The first-order valence-electron chi connectivity index (χ1n) is 9.17. The lowest BCUT2D eigenvalue weighted by molar-refractivity contribution is 0.382. The summed E-state index contributed by atoms with van der Waals surface area (Å²) in [6, 6.07) is 0. The molecular formula is C20H18BF10P. The van der Waals surface area contributed by atoms with Gasteiger partial charge in [0.25, 0.3) is 6.43 Å². The SMILES string of the molecule is CC(C)(C)P(B(c1c(F)c(F)c(F)c(F)c1F)c1c(F)c(F)c(F)c(F)c1F)C(C)(C)C. The molecule has 0 heterocycles. The van der Waals surface area contributed by atoms with Crippen molar-refractivity contribution in [2.45, 2.75) is 51.9 Å². The Morgan fingerprint density at radius 2 is 0.594 bits per heavy atom. The molecular weight excluding hydrogens is 472 g/mol. The van der Waals surface area contributed by atoms with Gasteiger partial charge in [0.05, 0.1) is 0 Å². The van der Waals surface area contributed by atoms with Crippen LogP contribution in [0.2, 0.25) is 0 Å². The van der Waals surface area contributed by atoms with Crippen LogP contribution < -0.4 is 10.9 Å². The molecule has 32 heavy (non-hydrogen) atoms. The Hall–Kier alpha value is -1.77. The van der Waals surface area contributed by atoms with Crippen molar-refractivity contribution in [1.82, 2.24) is 0 Å². The fourth-order valence-electron chi connectivity index (χ4n) is 3.91. The summed E-state index contributed by atoms with van der Waals surface area (Å²) in [5, 5.41) is -2.22. The molecule has 0 aromatic heterocycles. The third kappa shape index (κ3) is 4.25. The molecule has 0 aliphatic heterocycles. The standard InChI is InChI=1S/C20H18BF10P/c1-19(2,3)32(20(4,5)6)21(7-9(22)13(26)17(30)14(27)10(7)23)8-11(24)15(28)18(31)16(29)12(8)25/h1-6H3. The molecule has 12 heteroatoms. The van der Waals surface area contributed by atoms with Gasteiger partial charge in [-0.3, -0.25) is 0 Å². The highest BCUT2D eigenvalue weighted by Gasteiger charge is 2.50. The van der Waals surface area contributed by atoms with Gasteiger partial charge in [0.15, 0.2) is 58.2 Å². The number of hydrogen-bond acceptors (Lipinski definition) is 0. The molecule has 2 aromatic rings.